The van der Waals surface area contributed by atoms with E-state index < -0.39 is 5.97 Å². The van der Waals surface area contributed by atoms with E-state index in [2.05, 4.69) is 20.9 Å². The molecule has 0 atom stereocenters. The number of carboxylic acid groups (broad SMARTS) is 1. The van der Waals surface area contributed by atoms with E-state index in [1.54, 1.807) is 12.5 Å². The number of hydrogen-bond donors (Lipinski definition) is 1. The van der Waals surface area contributed by atoms with Crippen molar-refractivity contribution in [2.45, 2.75) is 6.42 Å². The fourth-order valence-electron chi connectivity index (χ4n) is 1.46. The highest BCUT2D eigenvalue weighted by Gasteiger charge is 2.11. The minimum absolute atomic E-state index is 0.0575. The Labute approximate surface area is 116 Å². The molecule has 0 aliphatic rings. The maximum atomic E-state index is 10.6. The number of hydrogen-bond acceptors (Lipinski definition) is 4. The maximum absolute atomic E-state index is 10.6. The van der Waals surface area contributed by atoms with Crippen molar-refractivity contribution in [1.29, 1.82) is 0 Å². The Balaban J connectivity index is 2.36. The van der Waals surface area contributed by atoms with E-state index in [1.165, 1.54) is 11.3 Å². The van der Waals surface area contributed by atoms with Gasteiger partial charge in [0.25, 0.3) is 0 Å². The molecule has 0 bridgehead atoms. The van der Waals surface area contributed by atoms with Crippen LogP contribution in [0.1, 0.15) is 5.69 Å². The molecule has 94 valence electrons. The van der Waals surface area contributed by atoms with Gasteiger partial charge in [-0.1, -0.05) is 15.9 Å². The summed E-state index contributed by atoms with van der Waals surface area (Å²) < 4.78 is 6.07. The third-order valence-electron chi connectivity index (χ3n) is 2.29. The van der Waals surface area contributed by atoms with Crippen LogP contribution in [0.5, 0.6) is 5.75 Å². The standard InChI is InChI=1S/C12H10BrNO3S/c1-17-8-2-3-10(13)9(5-8)12-14-7(6-18-12)4-11(15)16/h2-3,5-6H,4H2,1H3,(H,15,16). The molecule has 0 unspecified atom stereocenters. The van der Waals surface area contributed by atoms with Crippen molar-refractivity contribution in [2.75, 3.05) is 7.11 Å². The molecular weight excluding hydrogens is 318 g/mol. The van der Waals surface area contributed by atoms with Crippen LogP contribution in [0.2, 0.25) is 0 Å². The van der Waals surface area contributed by atoms with Gasteiger partial charge in [0.1, 0.15) is 10.8 Å². The molecular formula is C12H10BrNO3S. The third kappa shape index (κ3) is 2.88. The highest BCUT2D eigenvalue weighted by atomic mass is 79.9. The van der Waals surface area contributed by atoms with Gasteiger partial charge in [0.15, 0.2) is 0 Å². The van der Waals surface area contributed by atoms with Crippen molar-refractivity contribution in [2.24, 2.45) is 0 Å². The van der Waals surface area contributed by atoms with E-state index in [-0.39, 0.29) is 6.42 Å². The third-order valence-corrected chi connectivity index (χ3v) is 3.90. The topological polar surface area (TPSA) is 59.4 Å². The summed E-state index contributed by atoms with van der Waals surface area (Å²) in [6.07, 6.45) is -0.0575. The molecule has 0 fully saturated rings. The first-order valence-corrected chi connectivity index (χ1v) is 6.77. The Morgan fingerprint density at radius 2 is 2.33 bits per heavy atom. The number of ether oxygens (including phenoxy) is 1. The van der Waals surface area contributed by atoms with Gasteiger partial charge in [0.2, 0.25) is 0 Å². The second-order valence-electron chi connectivity index (χ2n) is 3.56. The van der Waals surface area contributed by atoms with Gasteiger partial charge in [-0.05, 0) is 18.2 Å². The lowest BCUT2D eigenvalue weighted by Crippen LogP contribution is -1.99. The van der Waals surface area contributed by atoms with Gasteiger partial charge in [-0.2, -0.15) is 0 Å². The Morgan fingerprint density at radius 3 is 3.00 bits per heavy atom. The Bertz CT molecular complexity index is 582. The van der Waals surface area contributed by atoms with Crippen LogP contribution in [0, 0.1) is 0 Å². The van der Waals surface area contributed by atoms with E-state index in [0.717, 1.165) is 20.8 Å². The van der Waals surface area contributed by atoms with E-state index in [0.29, 0.717) is 5.69 Å². The largest absolute Gasteiger partial charge is 0.497 e. The summed E-state index contributed by atoms with van der Waals surface area (Å²) in [5.74, 6) is -0.139. The minimum Gasteiger partial charge on any atom is -0.497 e. The zero-order valence-corrected chi connectivity index (χ0v) is 11.9. The lowest BCUT2D eigenvalue weighted by atomic mass is 10.2. The maximum Gasteiger partial charge on any atom is 0.309 e. The second kappa shape index (κ2) is 5.49. The molecule has 1 N–H and O–H groups in total. The summed E-state index contributed by atoms with van der Waals surface area (Å²) >= 11 is 4.87. The molecule has 2 rings (SSSR count). The van der Waals surface area contributed by atoms with Crippen molar-refractivity contribution in [1.82, 2.24) is 4.98 Å². The first-order chi connectivity index (χ1) is 8.60. The average molecular weight is 328 g/mol. The number of halogens is 1. The fraction of sp³-hybridized carbons (Fsp3) is 0.167. The van der Waals surface area contributed by atoms with Gasteiger partial charge >= 0.3 is 5.97 Å². The van der Waals surface area contributed by atoms with Crippen LogP contribution in [-0.2, 0) is 11.2 Å². The molecule has 0 saturated heterocycles. The monoisotopic (exact) mass is 327 g/mol. The number of methoxy groups -OCH3 is 1. The summed E-state index contributed by atoms with van der Waals surface area (Å²) in [7, 11) is 1.60. The fourth-order valence-corrected chi connectivity index (χ4v) is 2.88. The summed E-state index contributed by atoms with van der Waals surface area (Å²) in [5.41, 5.74) is 1.47. The summed E-state index contributed by atoms with van der Waals surface area (Å²) in [4.78, 5) is 14.9. The molecule has 2 aromatic rings. The number of carboxylic acids is 1. The zero-order valence-electron chi connectivity index (χ0n) is 9.51. The number of aromatic nitrogens is 1. The predicted molar refractivity (Wildman–Crippen MR) is 73.1 cm³/mol. The van der Waals surface area contributed by atoms with Crippen LogP contribution in [0.3, 0.4) is 0 Å². The van der Waals surface area contributed by atoms with Crippen LogP contribution in [-0.4, -0.2) is 23.2 Å². The van der Waals surface area contributed by atoms with Crippen LogP contribution < -0.4 is 4.74 Å². The molecule has 0 amide bonds. The first kappa shape index (κ1) is 13.0. The van der Waals surface area contributed by atoms with Crippen LogP contribution in [0.4, 0.5) is 0 Å². The van der Waals surface area contributed by atoms with Crippen LogP contribution in [0.25, 0.3) is 10.6 Å². The Morgan fingerprint density at radius 1 is 1.56 bits per heavy atom. The Hall–Kier alpha value is -1.40. The van der Waals surface area contributed by atoms with E-state index >= 15 is 0 Å². The number of rotatable bonds is 4. The molecule has 0 radical (unpaired) electrons. The summed E-state index contributed by atoms with van der Waals surface area (Å²) in [5, 5.41) is 11.3. The number of benzene rings is 1. The predicted octanol–water partition coefficient (Wildman–Crippen LogP) is 3.21. The summed E-state index contributed by atoms with van der Waals surface area (Å²) in [6.45, 7) is 0. The first-order valence-electron chi connectivity index (χ1n) is 5.10. The van der Waals surface area contributed by atoms with Crippen molar-refractivity contribution < 1.29 is 14.6 Å². The smallest absolute Gasteiger partial charge is 0.309 e. The Kier molecular flexibility index (Phi) is 3.98. The SMILES string of the molecule is COc1ccc(Br)c(-c2nc(CC(=O)O)cs2)c1. The number of thiazole rings is 1. The molecule has 18 heavy (non-hydrogen) atoms. The van der Waals surface area contributed by atoms with Crippen molar-refractivity contribution in [3.63, 3.8) is 0 Å². The summed E-state index contributed by atoms with van der Waals surface area (Å²) in [6, 6.07) is 5.60. The molecule has 0 saturated carbocycles. The van der Waals surface area contributed by atoms with Gasteiger partial charge in [0.05, 0.1) is 19.2 Å². The van der Waals surface area contributed by atoms with Gasteiger partial charge in [-0.3, -0.25) is 4.79 Å². The normalized spacial score (nSPS) is 10.3. The van der Waals surface area contributed by atoms with E-state index in [9.17, 15) is 4.79 Å². The van der Waals surface area contributed by atoms with Gasteiger partial charge in [-0.25, -0.2) is 4.98 Å². The van der Waals surface area contributed by atoms with Crippen LogP contribution >= 0.6 is 27.3 Å². The second-order valence-corrected chi connectivity index (χ2v) is 5.27. The zero-order chi connectivity index (χ0) is 13.1. The van der Waals surface area contributed by atoms with E-state index in [4.69, 9.17) is 9.84 Å². The average Bonchev–Trinajstić information content (AvgIpc) is 2.77. The number of nitrogens with zero attached hydrogens (tertiary/aromatic N) is 1. The van der Waals surface area contributed by atoms with Crippen molar-refractivity contribution >= 4 is 33.2 Å². The molecule has 1 aromatic carbocycles. The van der Waals surface area contributed by atoms with E-state index in [1.807, 2.05) is 18.2 Å². The highest BCUT2D eigenvalue weighted by molar-refractivity contribution is 9.10. The quantitative estimate of drug-likeness (QED) is 0.936. The molecule has 4 nitrogen and oxygen atoms in total. The van der Waals surface area contributed by atoms with Gasteiger partial charge in [0, 0.05) is 15.4 Å². The lowest BCUT2D eigenvalue weighted by Gasteiger charge is -2.04. The molecule has 1 heterocycles. The van der Waals surface area contributed by atoms with Gasteiger partial charge < -0.3 is 9.84 Å². The molecule has 1 aromatic heterocycles. The van der Waals surface area contributed by atoms with Crippen molar-refractivity contribution in [3.8, 4) is 16.3 Å². The van der Waals surface area contributed by atoms with Gasteiger partial charge in [-0.15, -0.1) is 11.3 Å². The number of carbonyl (C=O) groups is 1. The molecule has 0 aliphatic heterocycles. The lowest BCUT2D eigenvalue weighted by molar-refractivity contribution is -0.136. The molecule has 6 heteroatoms. The number of aliphatic carboxylic acids is 1. The minimum atomic E-state index is -0.878. The molecule has 0 spiro atoms. The highest BCUT2D eigenvalue weighted by Crippen LogP contribution is 2.33. The van der Waals surface area contributed by atoms with Crippen LogP contribution in [0.15, 0.2) is 28.1 Å². The van der Waals surface area contributed by atoms with Crippen molar-refractivity contribution in [3.05, 3.63) is 33.7 Å². The molecule has 0 aliphatic carbocycles.